The molecule has 2 saturated heterocycles. The molecule has 6 heteroatoms. The Morgan fingerprint density at radius 1 is 1.04 bits per heavy atom. The zero-order chi connectivity index (χ0) is 18.7. The summed E-state index contributed by atoms with van der Waals surface area (Å²) in [6.07, 6.45) is 3.28. The minimum Gasteiger partial charge on any atom is -0.398 e. The van der Waals surface area contributed by atoms with Crippen molar-refractivity contribution in [1.82, 2.24) is 9.78 Å². The van der Waals surface area contributed by atoms with E-state index in [9.17, 15) is 0 Å². The molecular formula is C20H29BN2O3. The minimum absolute atomic E-state index is 0.00969. The maximum Gasteiger partial charge on any atom is 0.517 e. The molecule has 1 unspecified atom stereocenters. The van der Waals surface area contributed by atoms with E-state index in [1.807, 2.05) is 4.68 Å². The Balaban J connectivity index is 1.83. The van der Waals surface area contributed by atoms with Crippen LogP contribution in [0.3, 0.4) is 0 Å². The Bertz CT molecular complexity index is 821. The number of ether oxygens (including phenoxy) is 1. The summed E-state index contributed by atoms with van der Waals surface area (Å²) in [5.41, 5.74) is 3.71. The van der Waals surface area contributed by atoms with Crippen LogP contribution < -0.4 is 5.59 Å². The van der Waals surface area contributed by atoms with E-state index in [4.69, 9.17) is 19.1 Å². The lowest BCUT2D eigenvalue weighted by atomic mass is 9.82. The zero-order valence-corrected chi connectivity index (χ0v) is 16.8. The normalized spacial score (nSPS) is 25.2. The van der Waals surface area contributed by atoms with E-state index in [2.05, 4.69) is 53.7 Å². The molecule has 2 aromatic rings. The Kier molecular flexibility index (Phi) is 4.21. The first kappa shape index (κ1) is 18.0. The van der Waals surface area contributed by atoms with Crippen molar-refractivity contribution < 1.29 is 14.0 Å². The summed E-state index contributed by atoms with van der Waals surface area (Å²) >= 11 is 0. The van der Waals surface area contributed by atoms with Gasteiger partial charge in [0.1, 0.15) is 5.59 Å². The molecule has 4 rings (SSSR count). The largest absolute Gasteiger partial charge is 0.517 e. The molecule has 3 heterocycles. The summed E-state index contributed by atoms with van der Waals surface area (Å²) in [6, 6.07) is 4.42. The Morgan fingerprint density at radius 3 is 2.31 bits per heavy atom. The van der Waals surface area contributed by atoms with Gasteiger partial charge in [-0.3, -0.25) is 0 Å². The Hall–Kier alpha value is -1.37. The highest BCUT2D eigenvalue weighted by atomic mass is 16.7. The molecule has 1 aromatic heterocycles. The number of fused-ring (bicyclic) bond motifs is 1. The van der Waals surface area contributed by atoms with E-state index in [1.54, 1.807) is 0 Å². The van der Waals surface area contributed by atoms with Gasteiger partial charge < -0.3 is 14.0 Å². The van der Waals surface area contributed by atoms with Crippen molar-refractivity contribution in [2.75, 3.05) is 6.61 Å². The predicted molar refractivity (Wildman–Crippen MR) is 104 cm³/mol. The third-order valence-corrected chi connectivity index (χ3v) is 6.26. The van der Waals surface area contributed by atoms with Gasteiger partial charge in [-0.2, -0.15) is 5.10 Å². The van der Waals surface area contributed by atoms with Gasteiger partial charge in [-0.25, -0.2) is 4.68 Å². The lowest BCUT2D eigenvalue weighted by Crippen LogP contribution is -2.41. The first-order chi connectivity index (χ1) is 12.2. The van der Waals surface area contributed by atoms with Crippen molar-refractivity contribution in [2.45, 2.75) is 78.2 Å². The summed E-state index contributed by atoms with van der Waals surface area (Å²) in [4.78, 5) is 0. The van der Waals surface area contributed by atoms with Crippen LogP contribution in [0.4, 0.5) is 0 Å². The molecule has 2 fully saturated rings. The molecule has 140 valence electrons. The van der Waals surface area contributed by atoms with Crippen LogP contribution in [0.5, 0.6) is 0 Å². The topological polar surface area (TPSA) is 45.5 Å². The fraction of sp³-hybridized carbons (Fsp3) is 0.650. The minimum atomic E-state index is -0.463. The molecule has 0 saturated carbocycles. The Morgan fingerprint density at radius 2 is 1.69 bits per heavy atom. The van der Waals surface area contributed by atoms with Crippen molar-refractivity contribution in [3.05, 3.63) is 23.3 Å². The van der Waals surface area contributed by atoms with E-state index in [0.29, 0.717) is 0 Å². The van der Waals surface area contributed by atoms with Gasteiger partial charge in [-0.05, 0) is 84.1 Å². The van der Waals surface area contributed by atoms with Crippen LogP contribution in [-0.4, -0.2) is 34.7 Å². The highest BCUT2D eigenvalue weighted by Crippen LogP contribution is 2.37. The number of hydrogen-bond donors (Lipinski definition) is 0. The van der Waals surface area contributed by atoms with Crippen molar-refractivity contribution in [2.24, 2.45) is 0 Å². The van der Waals surface area contributed by atoms with E-state index in [0.717, 1.165) is 35.9 Å². The van der Waals surface area contributed by atoms with Gasteiger partial charge in [0.15, 0.2) is 6.23 Å². The molecule has 1 aromatic carbocycles. The number of benzene rings is 1. The molecule has 0 amide bonds. The van der Waals surface area contributed by atoms with Crippen molar-refractivity contribution >= 4 is 23.6 Å². The third kappa shape index (κ3) is 2.79. The molecule has 26 heavy (non-hydrogen) atoms. The highest BCUT2D eigenvalue weighted by Gasteiger charge is 2.53. The molecule has 0 bridgehead atoms. The second kappa shape index (κ2) is 6.08. The molecule has 0 aliphatic carbocycles. The zero-order valence-electron chi connectivity index (χ0n) is 16.8. The van der Waals surface area contributed by atoms with Crippen LogP contribution in [0.25, 0.3) is 10.9 Å². The molecule has 0 N–H and O–H groups in total. The fourth-order valence-corrected chi connectivity index (χ4v) is 3.68. The van der Waals surface area contributed by atoms with Crippen LogP contribution in [0.15, 0.2) is 12.1 Å². The molecule has 0 spiro atoms. The van der Waals surface area contributed by atoms with Crippen molar-refractivity contribution in [1.29, 1.82) is 0 Å². The van der Waals surface area contributed by atoms with Crippen LogP contribution in [0, 0.1) is 13.8 Å². The maximum atomic E-state index is 6.29. The van der Waals surface area contributed by atoms with Gasteiger partial charge in [0.05, 0.1) is 16.7 Å². The first-order valence-corrected chi connectivity index (χ1v) is 9.66. The number of rotatable bonds is 2. The van der Waals surface area contributed by atoms with E-state index in [1.165, 1.54) is 17.5 Å². The predicted octanol–water partition coefficient (Wildman–Crippen LogP) is 3.65. The average molecular weight is 356 g/mol. The van der Waals surface area contributed by atoms with Crippen molar-refractivity contribution in [3.63, 3.8) is 0 Å². The second-order valence-electron chi connectivity index (χ2n) is 8.69. The molecule has 0 radical (unpaired) electrons. The summed E-state index contributed by atoms with van der Waals surface area (Å²) in [5, 5.41) is 6.05. The molecule has 2 aliphatic heterocycles. The SMILES string of the molecule is Cc1cc2c(B3OC(C)(C)C(C)(C)O3)nn(C3CCCCO3)c2cc1C. The quantitative estimate of drug-likeness (QED) is 0.771. The maximum absolute atomic E-state index is 6.29. The van der Waals surface area contributed by atoms with Gasteiger partial charge in [0.25, 0.3) is 0 Å². The van der Waals surface area contributed by atoms with E-state index < -0.39 is 7.12 Å². The molecule has 5 nitrogen and oxygen atoms in total. The number of nitrogens with zero attached hydrogens (tertiary/aromatic N) is 2. The summed E-state index contributed by atoms with van der Waals surface area (Å²) < 4.78 is 20.6. The van der Waals surface area contributed by atoms with E-state index in [-0.39, 0.29) is 17.4 Å². The third-order valence-electron chi connectivity index (χ3n) is 6.26. The second-order valence-corrected chi connectivity index (χ2v) is 8.69. The van der Waals surface area contributed by atoms with Crippen LogP contribution in [0.1, 0.15) is 64.3 Å². The fourth-order valence-electron chi connectivity index (χ4n) is 3.68. The lowest BCUT2D eigenvalue weighted by Gasteiger charge is -2.32. The molecule has 2 aliphatic rings. The van der Waals surface area contributed by atoms with Gasteiger partial charge in [-0.1, -0.05) is 0 Å². The first-order valence-electron chi connectivity index (χ1n) is 9.66. The van der Waals surface area contributed by atoms with Gasteiger partial charge in [0, 0.05) is 12.0 Å². The molecular weight excluding hydrogens is 327 g/mol. The van der Waals surface area contributed by atoms with Crippen LogP contribution in [0.2, 0.25) is 0 Å². The number of aromatic nitrogens is 2. The molecule has 1 atom stereocenters. The van der Waals surface area contributed by atoms with Crippen molar-refractivity contribution in [3.8, 4) is 0 Å². The number of aryl methyl sites for hydroxylation is 2. The van der Waals surface area contributed by atoms with Gasteiger partial charge in [-0.15, -0.1) is 0 Å². The number of hydrogen-bond acceptors (Lipinski definition) is 4. The van der Waals surface area contributed by atoms with Crippen LogP contribution in [-0.2, 0) is 14.0 Å². The van der Waals surface area contributed by atoms with Gasteiger partial charge >= 0.3 is 7.12 Å². The van der Waals surface area contributed by atoms with E-state index >= 15 is 0 Å². The smallest absolute Gasteiger partial charge is 0.398 e. The summed E-state index contributed by atoms with van der Waals surface area (Å²) in [7, 11) is -0.463. The standard InChI is InChI=1S/C20H29BN2O3/c1-13-11-15-16(12-14(13)2)23(17-9-7-8-10-24-17)22-18(15)21-25-19(3,4)20(5,6)26-21/h11-12,17H,7-10H2,1-6H3. The van der Waals surface area contributed by atoms with Crippen LogP contribution >= 0.6 is 0 Å². The summed E-state index contributed by atoms with van der Waals surface area (Å²) in [6.45, 7) is 13.4. The van der Waals surface area contributed by atoms with Gasteiger partial charge in [0.2, 0.25) is 0 Å². The lowest BCUT2D eigenvalue weighted by molar-refractivity contribution is -0.0364. The average Bonchev–Trinajstić information content (AvgIpc) is 3.03. The highest BCUT2D eigenvalue weighted by molar-refractivity contribution is 6.64. The Labute approximate surface area is 156 Å². The monoisotopic (exact) mass is 356 g/mol. The summed E-state index contributed by atoms with van der Waals surface area (Å²) in [5.74, 6) is 0.